The first-order chi connectivity index (χ1) is 13.9. The Hall–Kier alpha value is -3.42. The Morgan fingerprint density at radius 1 is 1.07 bits per heavy atom. The lowest BCUT2D eigenvalue weighted by molar-refractivity contribution is -0.151. The van der Waals surface area contributed by atoms with Gasteiger partial charge in [-0.1, -0.05) is 30.3 Å². The zero-order chi connectivity index (χ0) is 20.8. The van der Waals surface area contributed by atoms with E-state index in [1.54, 1.807) is 12.1 Å². The molecule has 2 aromatic carbocycles. The van der Waals surface area contributed by atoms with E-state index in [4.69, 9.17) is 4.74 Å². The molecule has 0 atom stereocenters. The number of esters is 1. The van der Waals surface area contributed by atoms with Crippen LogP contribution < -0.4 is 10.6 Å². The minimum atomic E-state index is -0.733. The highest BCUT2D eigenvalue weighted by Gasteiger charge is 2.24. The van der Waals surface area contributed by atoms with Crippen molar-refractivity contribution in [1.82, 2.24) is 15.5 Å². The molecule has 8 nitrogen and oxygen atoms in total. The fourth-order valence-corrected chi connectivity index (χ4v) is 2.69. The Morgan fingerprint density at radius 2 is 1.79 bits per heavy atom. The summed E-state index contributed by atoms with van der Waals surface area (Å²) in [5.41, 5.74) is 0.425. The smallest absolute Gasteiger partial charge is 0.325 e. The van der Waals surface area contributed by atoms with Crippen LogP contribution in [0, 0.1) is 0 Å². The van der Waals surface area contributed by atoms with Gasteiger partial charge in [0.15, 0.2) is 6.61 Å². The third kappa shape index (κ3) is 6.03. The number of hydrogen-bond donors (Lipinski definition) is 2. The summed E-state index contributed by atoms with van der Waals surface area (Å²) in [6, 6.07) is 13.1. The highest BCUT2D eigenvalue weighted by Crippen LogP contribution is 2.18. The average Bonchev–Trinajstić information content (AvgIpc) is 3.53. The van der Waals surface area contributed by atoms with Crippen LogP contribution in [0.1, 0.15) is 23.2 Å². The Labute approximate surface area is 168 Å². The molecule has 0 aromatic heterocycles. The van der Waals surface area contributed by atoms with Crippen molar-refractivity contribution >= 4 is 34.5 Å². The van der Waals surface area contributed by atoms with Crippen LogP contribution in [0.3, 0.4) is 0 Å². The maximum absolute atomic E-state index is 12.2. The molecule has 1 fully saturated rings. The van der Waals surface area contributed by atoms with E-state index in [2.05, 4.69) is 10.6 Å². The number of amides is 3. The van der Waals surface area contributed by atoms with E-state index in [1.165, 1.54) is 11.9 Å². The average molecular weight is 397 g/mol. The van der Waals surface area contributed by atoms with Crippen LogP contribution in [-0.2, 0) is 19.1 Å². The van der Waals surface area contributed by atoms with Gasteiger partial charge in [0.25, 0.3) is 11.8 Å². The van der Waals surface area contributed by atoms with Gasteiger partial charge >= 0.3 is 5.97 Å². The lowest BCUT2D eigenvalue weighted by atomic mass is 10.1. The zero-order valence-corrected chi connectivity index (χ0v) is 16.1. The molecule has 0 bridgehead atoms. The first kappa shape index (κ1) is 20.3. The molecular formula is C21H23N3O5. The third-order valence-electron chi connectivity index (χ3n) is 4.51. The van der Waals surface area contributed by atoms with Gasteiger partial charge in [0, 0.05) is 18.7 Å². The van der Waals surface area contributed by atoms with Crippen molar-refractivity contribution in [1.29, 1.82) is 0 Å². The van der Waals surface area contributed by atoms with E-state index in [9.17, 15) is 19.2 Å². The van der Waals surface area contributed by atoms with Crippen LogP contribution in [0.5, 0.6) is 0 Å². The molecule has 3 rings (SSSR count). The van der Waals surface area contributed by atoms with Gasteiger partial charge in [0.05, 0.1) is 6.54 Å². The third-order valence-corrected chi connectivity index (χ3v) is 4.51. The first-order valence-electron chi connectivity index (χ1n) is 9.38. The van der Waals surface area contributed by atoms with Crippen molar-refractivity contribution in [2.24, 2.45) is 0 Å². The van der Waals surface area contributed by atoms with Crippen LogP contribution in [0.15, 0.2) is 42.5 Å². The van der Waals surface area contributed by atoms with Gasteiger partial charge in [-0.25, -0.2) is 0 Å². The maximum Gasteiger partial charge on any atom is 0.325 e. The minimum absolute atomic E-state index is 0.0917. The van der Waals surface area contributed by atoms with Crippen molar-refractivity contribution in [2.75, 3.05) is 26.7 Å². The first-order valence-corrected chi connectivity index (χ1v) is 9.38. The summed E-state index contributed by atoms with van der Waals surface area (Å²) in [4.78, 5) is 48.8. The van der Waals surface area contributed by atoms with Gasteiger partial charge in [-0.2, -0.15) is 0 Å². The number of rotatable bonds is 8. The van der Waals surface area contributed by atoms with E-state index in [1.807, 2.05) is 30.3 Å². The number of nitrogens with zero attached hydrogens (tertiary/aromatic N) is 1. The second kappa shape index (κ2) is 9.18. The number of fused-ring (bicyclic) bond motifs is 1. The van der Waals surface area contributed by atoms with Gasteiger partial charge < -0.3 is 20.3 Å². The van der Waals surface area contributed by atoms with Crippen LogP contribution in [-0.4, -0.2) is 61.4 Å². The predicted molar refractivity (Wildman–Crippen MR) is 106 cm³/mol. The number of nitrogens with one attached hydrogen (secondary N) is 2. The number of carbonyl (C=O) groups excluding carboxylic acids is 4. The second-order valence-electron chi connectivity index (χ2n) is 7.00. The number of hydrogen-bond acceptors (Lipinski definition) is 5. The van der Waals surface area contributed by atoms with Gasteiger partial charge in [-0.15, -0.1) is 0 Å². The fourth-order valence-electron chi connectivity index (χ4n) is 2.69. The molecule has 0 radical (unpaired) electrons. The number of carbonyl (C=O) groups is 4. The van der Waals surface area contributed by atoms with Gasteiger partial charge in [0.1, 0.15) is 6.54 Å². The molecule has 2 N–H and O–H groups in total. The number of likely N-dealkylation sites (N-methyl/N-ethyl adjacent to an activating group) is 1. The molecular weight excluding hydrogens is 374 g/mol. The van der Waals surface area contributed by atoms with E-state index in [0.717, 1.165) is 23.6 Å². The van der Waals surface area contributed by atoms with Crippen molar-refractivity contribution in [3.8, 4) is 0 Å². The van der Waals surface area contributed by atoms with E-state index < -0.39 is 24.4 Å². The number of ether oxygens (including phenoxy) is 1. The highest BCUT2D eigenvalue weighted by molar-refractivity contribution is 5.99. The van der Waals surface area contributed by atoms with Crippen molar-refractivity contribution in [3.05, 3.63) is 48.0 Å². The van der Waals surface area contributed by atoms with Crippen LogP contribution in [0.4, 0.5) is 0 Å². The Balaban J connectivity index is 1.39. The van der Waals surface area contributed by atoms with Crippen molar-refractivity contribution in [3.63, 3.8) is 0 Å². The van der Waals surface area contributed by atoms with E-state index in [0.29, 0.717) is 5.56 Å². The van der Waals surface area contributed by atoms with Gasteiger partial charge in [-0.05, 0) is 35.7 Å². The summed E-state index contributed by atoms with van der Waals surface area (Å²) in [6.45, 7) is -0.936. The molecule has 152 valence electrons. The largest absolute Gasteiger partial charge is 0.454 e. The summed E-state index contributed by atoms with van der Waals surface area (Å²) in [6.07, 6.45) is 1.93. The van der Waals surface area contributed by atoms with E-state index in [-0.39, 0.29) is 25.0 Å². The Bertz CT molecular complexity index is 939. The van der Waals surface area contributed by atoms with Gasteiger partial charge in [-0.3, -0.25) is 19.2 Å². The molecule has 0 unspecified atom stereocenters. The van der Waals surface area contributed by atoms with Crippen molar-refractivity contribution in [2.45, 2.75) is 18.9 Å². The summed E-state index contributed by atoms with van der Waals surface area (Å²) in [7, 11) is 1.46. The molecule has 1 aliphatic rings. The summed E-state index contributed by atoms with van der Waals surface area (Å²) < 4.78 is 4.88. The highest BCUT2D eigenvalue weighted by atomic mass is 16.5. The molecule has 0 heterocycles. The van der Waals surface area contributed by atoms with Crippen LogP contribution >= 0.6 is 0 Å². The summed E-state index contributed by atoms with van der Waals surface area (Å²) in [5, 5.41) is 7.18. The van der Waals surface area contributed by atoms with Crippen molar-refractivity contribution < 1.29 is 23.9 Å². The molecule has 0 spiro atoms. The normalized spacial score (nSPS) is 12.9. The molecule has 29 heavy (non-hydrogen) atoms. The summed E-state index contributed by atoms with van der Waals surface area (Å²) in [5.74, 6) is -1.88. The number of benzene rings is 2. The lowest BCUT2D eigenvalue weighted by Crippen LogP contribution is -2.41. The molecule has 0 aliphatic heterocycles. The van der Waals surface area contributed by atoms with Gasteiger partial charge in [0.2, 0.25) is 5.91 Å². The lowest BCUT2D eigenvalue weighted by Gasteiger charge is -2.16. The quantitative estimate of drug-likeness (QED) is 0.643. The molecule has 1 aliphatic carbocycles. The minimum Gasteiger partial charge on any atom is -0.454 e. The Kier molecular flexibility index (Phi) is 6.43. The van der Waals surface area contributed by atoms with E-state index >= 15 is 0 Å². The molecule has 8 heteroatoms. The van der Waals surface area contributed by atoms with Crippen LogP contribution in [0.25, 0.3) is 10.8 Å². The molecule has 3 amide bonds. The maximum atomic E-state index is 12.2. The predicted octanol–water partition coefficient (Wildman–Crippen LogP) is 0.850. The SMILES string of the molecule is CN(CC(=O)NC1CC1)C(=O)COC(=O)CNC(=O)c1ccc2ccccc2c1. The molecule has 1 saturated carbocycles. The molecule has 0 saturated heterocycles. The standard InChI is InChI=1S/C21H23N3O5/c1-24(12-18(25)23-17-8-9-17)19(26)13-29-20(27)11-22-21(28)16-7-6-14-4-2-3-5-15(14)10-16/h2-7,10,17H,8-9,11-13H2,1H3,(H,22,28)(H,23,25). The molecule has 2 aromatic rings. The second-order valence-corrected chi connectivity index (χ2v) is 7.00. The fraction of sp³-hybridized carbons (Fsp3) is 0.333. The zero-order valence-electron chi connectivity index (χ0n) is 16.1. The topological polar surface area (TPSA) is 105 Å². The van der Waals surface area contributed by atoms with Crippen LogP contribution in [0.2, 0.25) is 0 Å². The Morgan fingerprint density at radius 3 is 2.52 bits per heavy atom. The summed E-state index contributed by atoms with van der Waals surface area (Å²) >= 11 is 0. The monoisotopic (exact) mass is 397 g/mol.